The van der Waals surface area contributed by atoms with Crippen LogP contribution in [0.2, 0.25) is 0 Å². The minimum atomic E-state index is -0.279. The van der Waals surface area contributed by atoms with Gasteiger partial charge >= 0.3 is 0 Å². The molecule has 4 rings (SSSR count). The van der Waals surface area contributed by atoms with Crippen molar-refractivity contribution >= 4 is 11.3 Å². The highest BCUT2D eigenvalue weighted by Crippen LogP contribution is 2.20. The van der Waals surface area contributed by atoms with Gasteiger partial charge in [0.2, 0.25) is 0 Å². The van der Waals surface area contributed by atoms with E-state index in [0.717, 1.165) is 11.3 Å². The lowest BCUT2D eigenvalue weighted by atomic mass is 10.2. The smallest absolute Gasteiger partial charge is 0.272 e. The second kappa shape index (κ2) is 6.84. The lowest BCUT2D eigenvalue weighted by Crippen LogP contribution is -2.25. The Morgan fingerprint density at radius 3 is 2.54 bits per heavy atom. The van der Waals surface area contributed by atoms with Gasteiger partial charge in [-0.1, -0.05) is 30.3 Å². The van der Waals surface area contributed by atoms with E-state index < -0.39 is 0 Å². The van der Waals surface area contributed by atoms with Gasteiger partial charge in [0.05, 0.1) is 12.2 Å². The molecule has 0 bridgehead atoms. The van der Waals surface area contributed by atoms with Crippen molar-refractivity contribution in [3.8, 4) is 0 Å². The molecule has 5 nitrogen and oxygen atoms in total. The fourth-order valence-electron chi connectivity index (χ4n) is 2.95. The molecule has 0 atom stereocenters. The Balaban J connectivity index is 1.69. The van der Waals surface area contributed by atoms with Crippen LogP contribution in [0.15, 0.2) is 77.7 Å². The van der Waals surface area contributed by atoms with Gasteiger partial charge in [0.1, 0.15) is 5.82 Å². The van der Waals surface area contributed by atoms with Crippen molar-refractivity contribution in [2.75, 3.05) is 4.90 Å². The van der Waals surface area contributed by atoms with E-state index in [4.69, 9.17) is 0 Å². The van der Waals surface area contributed by atoms with Gasteiger partial charge in [-0.05, 0) is 29.8 Å². The fourth-order valence-corrected chi connectivity index (χ4v) is 2.95. The van der Waals surface area contributed by atoms with E-state index in [1.165, 1.54) is 22.7 Å². The minimum absolute atomic E-state index is 0.159. The molecule has 1 N–H and O–H groups in total. The number of aromatic amines is 1. The van der Waals surface area contributed by atoms with Gasteiger partial charge in [-0.2, -0.15) is 0 Å². The average molecular weight is 348 g/mol. The molecule has 0 fully saturated rings. The summed E-state index contributed by atoms with van der Waals surface area (Å²) in [5, 5.41) is 2.83. The summed E-state index contributed by atoms with van der Waals surface area (Å²) in [6, 6.07) is 19.6. The third-order valence-electron chi connectivity index (χ3n) is 4.19. The Hall–Kier alpha value is -3.41. The number of H-pyrrole nitrogens is 1. The van der Waals surface area contributed by atoms with Crippen molar-refractivity contribution < 1.29 is 4.39 Å². The molecule has 0 aliphatic rings. The van der Waals surface area contributed by atoms with Crippen LogP contribution < -0.4 is 10.5 Å². The van der Waals surface area contributed by atoms with E-state index in [1.807, 2.05) is 30.3 Å². The average Bonchev–Trinajstić information content (AvgIpc) is 3.12. The summed E-state index contributed by atoms with van der Waals surface area (Å²) in [5.74, 6) is -0.279. The first-order chi connectivity index (χ1) is 12.7. The molecule has 0 spiro atoms. The third kappa shape index (κ3) is 3.35. The number of benzene rings is 2. The molecular formula is C20H17FN4O. The molecule has 2 aromatic carbocycles. The lowest BCUT2D eigenvalue weighted by Gasteiger charge is -2.24. The van der Waals surface area contributed by atoms with Crippen molar-refractivity contribution in [2.45, 2.75) is 13.1 Å². The summed E-state index contributed by atoms with van der Waals surface area (Å²) in [5.41, 5.74) is 3.07. The maximum absolute atomic E-state index is 13.3. The number of fused-ring (bicyclic) bond motifs is 1. The fraction of sp³-hybridized carbons (Fsp3) is 0.100. The third-order valence-corrected chi connectivity index (χ3v) is 4.19. The van der Waals surface area contributed by atoms with Crippen LogP contribution in [-0.4, -0.2) is 14.6 Å². The topological polar surface area (TPSA) is 53.4 Å². The zero-order chi connectivity index (χ0) is 17.9. The zero-order valence-electron chi connectivity index (χ0n) is 14.0. The van der Waals surface area contributed by atoms with Gasteiger partial charge in [0, 0.05) is 30.6 Å². The Bertz CT molecular complexity index is 1070. The van der Waals surface area contributed by atoms with Crippen molar-refractivity contribution in [3.05, 3.63) is 100 Å². The highest BCUT2D eigenvalue weighted by Gasteiger charge is 2.12. The van der Waals surface area contributed by atoms with Crippen LogP contribution in [0, 0.1) is 5.82 Å². The molecule has 0 unspecified atom stereocenters. The van der Waals surface area contributed by atoms with Crippen LogP contribution >= 0.6 is 0 Å². The van der Waals surface area contributed by atoms with Gasteiger partial charge in [-0.25, -0.2) is 13.9 Å². The maximum Gasteiger partial charge on any atom is 0.272 e. The van der Waals surface area contributed by atoms with E-state index in [2.05, 4.69) is 15.0 Å². The summed E-state index contributed by atoms with van der Waals surface area (Å²) in [6.07, 6.45) is 1.68. The minimum Gasteiger partial charge on any atom is -0.361 e. The van der Waals surface area contributed by atoms with E-state index in [1.54, 1.807) is 24.4 Å². The molecule has 130 valence electrons. The molecule has 0 saturated heterocycles. The molecule has 0 saturated carbocycles. The highest BCUT2D eigenvalue weighted by atomic mass is 19.1. The molecule has 0 aliphatic heterocycles. The van der Waals surface area contributed by atoms with Gasteiger partial charge < -0.3 is 4.90 Å². The summed E-state index contributed by atoms with van der Waals surface area (Å²) < 4.78 is 14.7. The van der Waals surface area contributed by atoms with Crippen LogP contribution in [0.3, 0.4) is 0 Å². The van der Waals surface area contributed by atoms with Gasteiger partial charge in [0.15, 0.2) is 5.65 Å². The second-order valence-electron chi connectivity index (χ2n) is 6.06. The van der Waals surface area contributed by atoms with Crippen LogP contribution in [0.5, 0.6) is 0 Å². The van der Waals surface area contributed by atoms with Crippen molar-refractivity contribution in [1.29, 1.82) is 0 Å². The maximum atomic E-state index is 13.3. The number of aromatic nitrogens is 3. The molecule has 26 heavy (non-hydrogen) atoms. The monoisotopic (exact) mass is 348 g/mol. The molecule has 2 aromatic heterocycles. The Kier molecular flexibility index (Phi) is 4.23. The number of anilines is 1. The standard InChI is InChI=1S/C20H17FN4O/c21-16-6-8-18(9-7-16)24(13-15-4-2-1-3-5-15)14-17-12-20(26)25-19(23-17)10-11-22-25/h1-12,22H,13-14H2. The second-order valence-corrected chi connectivity index (χ2v) is 6.06. The Morgan fingerprint density at radius 2 is 1.77 bits per heavy atom. The van der Waals surface area contributed by atoms with Crippen LogP contribution in [0.1, 0.15) is 11.3 Å². The molecule has 0 amide bonds. The first-order valence-corrected chi connectivity index (χ1v) is 8.29. The van der Waals surface area contributed by atoms with Crippen molar-refractivity contribution in [3.63, 3.8) is 0 Å². The quantitative estimate of drug-likeness (QED) is 0.602. The highest BCUT2D eigenvalue weighted by molar-refractivity contribution is 5.48. The number of rotatable bonds is 5. The predicted molar refractivity (Wildman–Crippen MR) is 98.5 cm³/mol. The molecule has 6 heteroatoms. The van der Waals surface area contributed by atoms with E-state index >= 15 is 0 Å². The van der Waals surface area contributed by atoms with Crippen molar-refractivity contribution in [1.82, 2.24) is 14.6 Å². The summed E-state index contributed by atoms with van der Waals surface area (Å²) in [6.45, 7) is 1.07. The number of hydrogen-bond donors (Lipinski definition) is 1. The molecule has 0 radical (unpaired) electrons. The summed E-state index contributed by atoms with van der Waals surface area (Å²) >= 11 is 0. The Morgan fingerprint density at radius 1 is 1.00 bits per heavy atom. The first kappa shape index (κ1) is 16.1. The SMILES string of the molecule is O=c1cc(CN(Cc2ccccc2)c2ccc(F)cc2)nc2cc[nH]n12. The molecule has 4 aromatic rings. The molecule has 2 heterocycles. The largest absolute Gasteiger partial charge is 0.361 e. The molecular weight excluding hydrogens is 331 g/mol. The van der Waals surface area contributed by atoms with E-state index in [-0.39, 0.29) is 11.4 Å². The predicted octanol–water partition coefficient (Wildman–Crippen LogP) is 3.37. The zero-order valence-corrected chi connectivity index (χ0v) is 14.0. The molecule has 0 aliphatic carbocycles. The number of nitrogens with zero attached hydrogens (tertiary/aromatic N) is 3. The number of halogens is 1. The summed E-state index contributed by atoms with van der Waals surface area (Å²) in [4.78, 5) is 18.8. The number of nitrogens with one attached hydrogen (secondary N) is 1. The Labute approximate surface area is 149 Å². The van der Waals surface area contributed by atoms with Gasteiger partial charge in [0.25, 0.3) is 5.56 Å². The summed E-state index contributed by atoms with van der Waals surface area (Å²) in [7, 11) is 0. The van der Waals surface area contributed by atoms with Crippen molar-refractivity contribution in [2.24, 2.45) is 0 Å². The normalized spacial score (nSPS) is 11.0. The van der Waals surface area contributed by atoms with Gasteiger partial charge in [-0.3, -0.25) is 9.89 Å². The van der Waals surface area contributed by atoms with Crippen LogP contribution in [0.25, 0.3) is 5.65 Å². The first-order valence-electron chi connectivity index (χ1n) is 8.29. The van der Waals surface area contributed by atoms with E-state index in [9.17, 15) is 9.18 Å². The van der Waals surface area contributed by atoms with Crippen LogP contribution in [0.4, 0.5) is 10.1 Å². The number of hydrogen-bond acceptors (Lipinski definition) is 3. The van der Waals surface area contributed by atoms with Crippen LogP contribution in [-0.2, 0) is 13.1 Å². The lowest BCUT2D eigenvalue weighted by molar-refractivity contribution is 0.627. The van der Waals surface area contributed by atoms with E-state index in [0.29, 0.717) is 24.4 Å². The van der Waals surface area contributed by atoms with Gasteiger partial charge in [-0.15, -0.1) is 0 Å².